The molecule has 0 radical (unpaired) electrons. The van der Waals surface area contributed by atoms with Crippen LogP contribution in [0.4, 0.5) is 10.7 Å². The Morgan fingerprint density at radius 1 is 1.00 bits per heavy atom. The van der Waals surface area contributed by atoms with E-state index < -0.39 is 0 Å². The SMILES string of the molecule is COc1ccc(C=Nc2sc3c(c2C(=O)Nc2cc(C)cc(C)c2)CCCCCC3)c(C)c1. The number of nitrogens with one attached hydrogen (secondary N) is 1. The second-order valence-corrected chi connectivity index (χ2v) is 9.99. The van der Waals surface area contributed by atoms with Gasteiger partial charge >= 0.3 is 0 Å². The lowest BCUT2D eigenvalue weighted by Gasteiger charge is -2.12. The van der Waals surface area contributed by atoms with Crippen molar-refractivity contribution in [3.05, 3.63) is 74.7 Å². The van der Waals surface area contributed by atoms with Crippen LogP contribution in [-0.4, -0.2) is 19.2 Å². The van der Waals surface area contributed by atoms with E-state index in [-0.39, 0.29) is 5.91 Å². The van der Waals surface area contributed by atoms with Crippen LogP contribution >= 0.6 is 11.3 Å². The van der Waals surface area contributed by atoms with Gasteiger partial charge in [0.1, 0.15) is 10.8 Å². The molecule has 4 rings (SSSR count). The van der Waals surface area contributed by atoms with Crippen LogP contribution in [0.15, 0.2) is 41.4 Å². The highest BCUT2D eigenvalue weighted by Gasteiger charge is 2.24. The van der Waals surface area contributed by atoms with Crippen molar-refractivity contribution in [1.82, 2.24) is 0 Å². The minimum atomic E-state index is -0.0586. The third-order valence-electron chi connectivity index (χ3n) is 6.16. The number of rotatable bonds is 5. The van der Waals surface area contributed by atoms with E-state index in [0.29, 0.717) is 0 Å². The van der Waals surface area contributed by atoms with Crippen molar-refractivity contribution < 1.29 is 9.53 Å². The van der Waals surface area contributed by atoms with Gasteiger partial charge in [-0.25, -0.2) is 4.99 Å². The van der Waals surface area contributed by atoms with Gasteiger partial charge in [-0.1, -0.05) is 18.9 Å². The van der Waals surface area contributed by atoms with Crippen LogP contribution in [0.25, 0.3) is 0 Å². The summed E-state index contributed by atoms with van der Waals surface area (Å²) in [4.78, 5) is 19.7. The molecule has 4 nitrogen and oxygen atoms in total. The molecule has 1 aliphatic carbocycles. The van der Waals surface area contributed by atoms with Gasteiger partial charge < -0.3 is 10.1 Å². The van der Waals surface area contributed by atoms with Gasteiger partial charge in [0.05, 0.1) is 12.7 Å². The molecule has 0 unspecified atom stereocenters. The van der Waals surface area contributed by atoms with Crippen molar-refractivity contribution in [1.29, 1.82) is 0 Å². The first kappa shape index (κ1) is 23.2. The molecule has 0 aliphatic heterocycles. The van der Waals surface area contributed by atoms with E-state index in [4.69, 9.17) is 9.73 Å². The molecule has 2 aromatic carbocycles. The summed E-state index contributed by atoms with van der Waals surface area (Å²) < 4.78 is 5.32. The van der Waals surface area contributed by atoms with Crippen molar-refractivity contribution in [2.75, 3.05) is 12.4 Å². The Kier molecular flexibility index (Phi) is 7.29. The first-order valence-electron chi connectivity index (χ1n) is 11.7. The number of anilines is 1. The molecule has 0 bridgehead atoms. The molecule has 0 spiro atoms. The van der Waals surface area contributed by atoms with Crippen molar-refractivity contribution in [2.24, 2.45) is 4.99 Å². The van der Waals surface area contributed by atoms with E-state index >= 15 is 0 Å². The average Bonchev–Trinajstić information content (AvgIpc) is 3.08. The first-order valence-corrected chi connectivity index (χ1v) is 12.5. The number of hydrogen-bond acceptors (Lipinski definition) is 4. The van der Waals surface area contributed by atoms with Crippen molar-refractivity contribution in [2.45, 2.75) is 59.3 Å². The summed E-state index contributed by atoms with van der Waals surface area (Å²) in [6.07, 6.45) is 8.61. The van der Waals surface area contributed by atoms with Gasteiger partial charge in [-0.2, -0.15) is 0 Å². The number of hydrogen-bond donors (Lipinski definition) is 1. The number of fused-ring (bicyclic) bond motifs is 1. The third kappa shape index (κ3) is 5.53. The van der Waals surface area contributed by atoms with Crippen LogP contribution in [-0.2, 0) is 12.8 Å². The fourth-order valence-electron chi connectivity index (χ4n) is 4.52. The Balaban J connectivity index is 1.71. The van der Waals surface area contributed by atoms with Crippen LogP contribution in [0, 0.1) is 20.8 Å². The van der Waals surface area contributed by atoms with Gasteiger partial charge in [0.25, 0.3) is 5.91 Å². The van der Waals surface area contributed by atoms with E-state index in [2.05, 4.69) is 25.2 Å². The van der Waals surface area contributed by atoms with Gasteiger partial charge in [-0.3, -0.25) is 4.79 Å². The number of thiophene rings is 1. The molecule has 1 N–H and O–H groups in total. The lowest BCUT2D eigenvalue weighted by Crippen LogP contribution is -2.14. The van der Waals surface area contributed by atoms with E-state index in [9.17, 15) is 4.79 Å². The number of nitrogens with zero attached hydrogens (tertiary/aromatic N) is 1. The lowest BCUT2D eigenvalue weighted by molar-refractivity contribution is 0.102. The first-order chi connectivity index (χ1) is 15.9. The molecular weight excluding hydrogens is 428 g/mol. The van der Waals surface area contributed by atoms with Crippen LogP contribution in [0.2, 0.25) is 0 Å². The van der Waals surface area contributed by atoms with Crippen molar-refractivity contribution >= 4 is 34.1 Å². The van der Waals surface area contributed by atoms with Crippen LogP contribution in [0.3, 0.4) is 0 Å². The smallest absolute Gasteiger partial charge is 0.259 e. The highest BCUT2D eigenvalue weighted by molar-refractivity contribution is 7.16. The summed E-state index contributed by atoms with van der Waals surface area (Å²) in [6, 6.07) is 12.1. The summed E-state index contributed by atoms with van der Waals surface area (Å²) in [7, 11) is 1.67. The predicted octanol–water partition coefficient (Wildman–Crippen LogP) is 7.34. The molecule has 0 fully saturated rings. The number of carbonyl (C=O) groups excluding carboxylic acids is 1. The molecule has 1 aromatic heterocycles. The average molecular weight is 461 g/mol. The molecule has 1 amide bonds. The van der Waals surface area contributed by atoms with E-state index in [1.54, 1.807) is 18.4 Å². The fourth-order valence-corrected chi connectivity index (χ4v) is 5.75. The van der Waals surface area contributed by atoms with Crippen molar-refractivity contribution in [3.63, 3.8) is 0 Å². The molecule has 5 heteroatoms. The Morgan fingerprint density at radius 2 is 1.73 bits per heavy atom. The van der Waals surface area contributed by atoms with E-state index in [1.807, 2.05) is 43.5 Å². The highest BCUT2D eigenvalue weighted by atomic mass is 32.1. The minimum absolute atomic E-state index is 0.0586. The lowest BCUT2D eigenvalue weighted by atomic mass is 9.96. The molecule has 33 heavy (non-hydrogen) atoms. The third-order valence-corrected chi connectivity index (χ3v) is 7.36. The summed E-state index contributed by atoms with van der Waals surface area (Å²) in [5, 5.41) is 3.96. The Labute approximate surface area is 200 Å². The Hall–Kier alpha value is -2.92. The molecule has 172 valence electrons. The molecule has 1 heterocycles. The molecule has 0 atom stereocenters. The molecule has 0 saturated heterocycles. The zero-order valence-electron chi connectivity index (χ0n) is 20.0. The number of aliphatic imine (C=N–C) groups is 1. The van der Waals surface area contributed by atoms with Crippen molar-refractivity contribution in [3.8, 4) is 5.75 Å². The van der Waals surface area contributed by atoms with Crippen LogP contribution in [0.5, 0.6) is 5.75 Å². The Morgan fingerprint density at radius 3 is 2.42 bits per heavy atom. The van der Waals surface area contributed by atoms with Gasteiger partial charge in [0.2, 0.25) is 0 Å². The number of benzene rings is 2. The number of aryl methyl sites for hydroxylation is 4. The second kappa shape index (κ2) is 10.3. The highest BCUT2D eigenvalue weighted by Crippen LogP contribution is 2.39. The van der Waals surface area contributed by atoms with Gasteiger partial charge in [-0.15, -0.1) is 11.3 Å². The van der Waals surface area contributed by atoms with Gasteiger partial charge in [0, 0.05) is 16.8 Å². The summed E-state index contributed by atoms with van der Waals surface area (Å²) in [5.41, 5.74) is 7.17. The standard InChI is InChI=1S/C28H32N2O2S/c1-18-13-19(2)15-22(14-18)30-27(31)26-24-9-7-5-6-8-10-25(24)33-28(26)29-17-21-11-12-23(32-4)16-20(21)3/h11-17H,5-10H2,1-4H3,(H,30,31). The normalized spacial score (nSPS) is 13.9. The quantitative estimate of drug-likeness (QED) is 0.405. The zero-order valence-corrected chi connectivity index (χ0v) is 20.8. The van der Waals surface area contributed by atoms with Crippen LogP contribution < -0.4 is 10.1 Å². The topological polar surface area (TPSA) is 50.7 Å². The molecule has 3 aromatic rings. The molecule has 0 saturated carbocycles. The predicted molar refractivity (Wildman–Crippen MR) is 139 cm³/mol. The fraction of sp³-hybridized carbons (Fsp3) is 0.357. The maximum atomic E-state index is 13.6. The number of amides is 1. The molecular formula is C28H32N2O2S. The maximum absolute atomic E-state index is 13.6. The summed E-state index contributed by atoms with van der Waals surface area (Å²) >= 11 is 1.68. The summed E-state index contributed by atoms with van der Waals surface area (Å²) in [6.45, 7) is 6.15. The second-order valence-electron chi connectivity index (χ2n) is 8.91. The van der Waals surface area contributed by atoms with Gasteiger partial charge in [0.15, 0.2) is 0 Å². The number of carbonyl (C=O) groups is 1. The Bertz CT molecular complexity index is 1170. The zero-order chi connectivity index (χ0) is 23.4. The van der Waals surface area contributed by atoms with Crippen LogP contribution in [0.1, 0.15) is 68.7 Å². The van der Waals surface area contributed by atoms with E-state index in [0.717, 1.165) is 63.5 Å². The summed E-state index contributed by atoms with van der Waals surface area (Å²) in [5.74, 6) is 0.772. The number of ether oxygens (including phenoxy) is 1. The molecule has 1 aliphatic rings. The largest absolute Gasteiger partial charge is 0.497 e. The van der Waals surface area contributed by atoms with Gasteiger partial charge in [-0.05, 0) is 105 Å². The maximum Gasteiger partial charge on any atom is 0.259 e. The minimum Gasteiger partial charge on any atom is -0.497 e. The number of methoxy groups -OCH3 is 1. The monoisotopic (exact) mass is 460 g/mol. The van der Waals surface area contributed by atoms with E-state index in [1.165, 1.54) is 29.7 Å².